The van der Waals surface area contributed by atoms with Gasteiger partial charge in [0.25, 0.3) is 0 Å². The van der Waals surface area contributed by atoms with E-state index in [4.69, 9.17) is 0 Å². The summed E-state index contributed by atoms with van der Waals surface area (Å²) in [5, 5.41) is 13.9. The molecular formula is C23H31NO. The highest BCUT2D eigenvalue weighted by Crippen LogP contribution is 2.33. The predicted octanol–water partition coefficient (Wildman–Crippen LogP) is 5.88. The number of hydrogen-bond donors (Lipinski definition) is 2. The third kappa shape index (κ3) is 4.18. The molecule has 2 heteroatoms. The SMILES string of the molecule is Cc1cc(O)c(C(C)(C)C)cc1CNc1ccc2c(c1)CCCCC2. The van der Waals surface area contributed by atoms with Gasteiger partial charge in [-0.25, -0.2) is 0 Å². The van der Waals surface area contributed by atoms with Crippen LogP contribution in [0.3, 0.4) is 0 Å². The third-order valence-corrected chi connectivity index (χ3v) is 5.34. The van der Waals surface area contributed by atoms with Gasteiger partial charge in [-0.1, -0.05) is 33.3 Å². The smallest absolute Gasteiger partial charge is 0.119 e. The lowest BCUT2D eigenvalue weighted by molar-refractivity contribution is 0.446. The summed E-state index contributed by atoms with van der Waals surface area (Å²) in [6.07, 6.45) is 6.41. The molecule has 134 valence electrons. The molecule has 0 heterocycles. The predicted molar refractivity (Wildman–Crippen MR) is 107 cm³/mol. The Kier molecular flexibility index (Phi) is 5.08. The van der Waals surface area contributed by atoms with Gasteiger partial charge in [-0.3, -0.25) is 0 Å². The molecule has 2 nitrogen and oxygen atoms in total. The van der Waals surface area contributed by atoms with Gasteiger partial charge in [0.05, 0.1) is 0 Å². The molecule has 25 heavy (non-hydrogen) atoms. The average Bonchev–Trinajstić information content (AvgIpc) is 2.77. The minimum absolute atomic E-state index is 0.0589. The zero-order valence-corrected chi connectivity index (χ0v) is 16.1. The van der Waals surface area contributed by atoms with Gasteiger partial charge in [0.15, 0.2) is 0 Å². The number of fused-ring (bicyclic) bond motifs is 1. The summed E-state index contributed by atoms with van der Waals surface area (Å²) in [4.78, 5) is 0. The number of benzene rings is 2. The molecule has 0 saturated heterocycles. The Morgan fingerprint density at radius 1 is 0.960 bits per heavy atom. The van der Waals surface area contributed by atoms with Crippen LogP contribution >= 0.6 is 0 Å². The first-order chi connectivity index (χ1) is 11.8. The fourth-order valence-electron chi connectivity index (χ4n) is 3.75. The minimum Gasteiger partial charge on any atom is -0.508 e. The molecule has 2 aromatic rings. The molecular weight excluding hydrogens is 306 g/mol. The first-order valence-corrected chi connectivity index (χ1v) is 9.53. The van der Waals surface area contributed by atoms with Gasteiger partial charge in [-0.15, -0.1) is 0 Å². The largest absolute Gasteiger partial charge is 0.508 e. The molecule has 0 spiro atoms. The molecule has 0 amide bonds. The second-order valence-corrected chi connectivity index (χ2v) is 8.44. The van der Waals surface area contributed by atoms with E-state index < -0.39 is 0 Å². The van der Waals surface area contributed by atoms with Crippen molar-refractivity contribution in [2.75, 3.05) is 5.32 Å². The summed E-state index contributed by atoms with van der Waals surface area (Å²) in [6.45, 7) is 9.28. The Balaban J connectivity index is 1.79. The molecule has 3 rings (SSSR count). The second kappa shape index (κ2) is 7.11. The molecule has 0 saturated carbocycles. The van der Waals surface area contributed by atoms with E-state index in [9.17, 15) is 5.11 Å². The van der Waals surface area contributed by atoms with E-state index in [2.05, 4.69) is 57.3 Å². The molecule has 2 N–H and O–H groups in total. The number of phenolic OH excluding ortho intramolecular Hbond substituents is 1. The van der Waals surface area contributed by atoms with Crippen molar-refractivity contribution in [2.24, 2.45) is 0 Å². The summed E-state index contributed by atoms with van der Waals surface area (Å²) in [6, 6.07) is 10.9. The van der Waals surface area contributed by atoms with Crippen molar-refractivity contribution < 1.29 is 5.11 Å². The molecule has 1 aliphatic rings. The maximum atomic E-state index is 10.3. The van der Waals surface area contributed by atoms with Crippen molar-refractivity contribution in [3.8, 4) is 5.75 Å². The van der Waals surface area contributed by atoms with Crippen LogP contribution in [-0.2, 0) is 24.8 Å². The van der Waals surface area contributed by atoms with E-state index in [1.54, 1.807) is 0 Å². The van der Waals surface area contributed by atoms with E-state index in [0.29, 0.717) is 5.75 Å². The van der Waals surface area contributed by atoms with Gasteiger partial charge < -0.3 is 10.4 Å². The highest BCUT2D eigenvalue weighted by atomic mass is 16.3. The second-order valence-electron chi connectivity index (χ2n) is 8.44. The van der Waals surface area contributed by atoms with Crippen LogP contribution in [0.5, 0.6) is 5.75 Å². The summed E-state index contributed by atoms with van der Waals surface area (Å²) < 4.78 is 0. The summed E-state index contributed by atoms with van der Waals surface area (Å²) in [5.74, 6) is 0.402. The molecule has 0 aromatic heterocycles. The fraction of sp³-hybridized carbons (Fsp3) is 0.478. The van der Waals surface area contributed by atoms with Crippen molar-refractivity contribution in [1.29, 1.82) is 0 Å². The molecule has 0 atom stereocenters. The number of rotatable bonds is 3. The lowest BCUT2D eigenvalue weighted by atomic mass is 9.84. The van der Waals surface area contributed by atoms with E-state index in [1.165, 1.54) is 54.5 Å². The van der Waals surface area contributed by atoms with Crippen molar-refractivity contribution in [3.05, 3.63) is 58.1 Å². The molecule has 2 aromatic carbocycles. The average molecular weight is 338 g/mol. The standard InChI is InChI=1S/C23H31NO/c1-16-12-22(25)21(23(2,3)4)14-19(16)15-24-20-11-10-17-8-6-5-7-9-18(17)13-20/h10-14,24-25H,5-9,15H2,1-4H3. The number of aryl methyl sites for hydroxylation is 3. The highest BCUT2D eigenvalue weighted by molar-refractivity contribution is 5.51. The van der Waals surface area contributed by atoms with E-state index in [-0.39, 0.29) is 5.41 Å². The monoisotopic (exact) mass is 337 g/mol. The molecule has 0 bridgehead atoms. The van der Waals surface area contributed by atoms with Crippen LogP contribution in [0, 0.1) is 6.92 Å². The van der Waals surface area contributed by atoms with Crippen LogP contribution in [0.4, 0.5) is 5.69 Å². The van der Waals surface area contributed by atoms with Crippen molar-refractivity contribution in [1.82, 2.24) is 0 Å². The van der Waals surface area contributed by atoms with Crippen molar-refractivity contribution in [2.45, 2.75) is 71.8 Å². The van der Waals surface area contributed by atoms with Crippen molar-refractivity contribution >= 4 is 5.69 Å². The third-order valence-electron chi connectivity index (χ3n) is 5.34. The normalized spacial score (nSPS) is 14.7. The number of nitrogens with one attached hydrogen (secondary N) is 1. The maximum absolute atomic E-state index is 10.3. The zero-order chi connectivity index (χ0) is 18.0. The Hall–Kier alpha value is -1.96. The molecule has 1 aliphatic carbocycles. The van der Waals surface area contributed by atoms with Crippen molar-refractivity contribution in [3.63, 3.8) is 0 Å². The topological polar surface area (TPSA) is 32.3 Å². The van der Waals surface area contributed by atoms with Crippen LogP contribution in [0.1, 0.15) is 67.9 Å². The molecule has 0 radical (unpaired) electrons. The zero-order valence-electron chi connectivity index (χ0n) is 16.1. The van der Waals surface area contributed by atoms with Crippen LogP contribution in [-0.4, -0.2) is 5.11 Å². The first-order valence-electron chi connectivity index (χ1n) is 9.53. The van der Waals surface area contributed by atoms with Gasteiger partial charge in [0.2, 0.25) is 0 Å². The Bertz CT molecular complexity index is 755. The summed E-state index contributed by atoms with van der Waals surface area (Å²) >= 11 is 0. The van der Waals surface area contributed by atoms with E-state index in [0.717, 1.165) is 17.7 Å². The number of phenols is 1. The molecule has 0 fully saturated rings. The van der Waals surface area contributed by atoms with Crippen LogP contribution in [0.2, 0.25) is 0 Å². The Morgan fingerprint density at radius 3 is 2.40 bits per heavy atom. The van der Waals surface area contributed by atoms with Gasteiger partial charge in [-0.2, -0.15) is 0 Å². The van der Waals surface area contributed by atoms with Gasteiger partial charge in [0.1, 0.15) is 5.75 Å². The lowest BCUT2D eigenvalue weighted by Crippen LogP contribution is -2.13. The van der Waals surface area contributed by atoms with E-state index in [1.807, 2.05) is 6.07 Å². The summed E-state index contributed by atoms with van der Waals surface area (Å²) in [7, 11) is 0. The Labute approximate surface area is 152 Å². The number of aromatic hydroxyl groups is 1. The molecule has 0 unspecified atom stereocenters. The number of hydrogen-bond acceptors (Lipinski definition) is 2. The van der Waals surface area contributed by atoms with E-state index >= 15 is 0 Å². The van der Waals surface area contributed by atoms with Gasteiger partial charge >= 0.3 is 0 Å². The van der Waals surface area contributed by atoms with Gasteiger partial charge in [0, 0.05) is 12.2 Å². The molecule has 0 aliphatic heterocycles. The van der Waals surface area contributed by atoms with Crippen LogP contribution in [0.25, 0.3) is 0 Å². The van der Waals surface area contributed by atoms with Crippen LogP contribution in [0.15, 0.2) is 30.3 Å². The van der Waals surface area contributed by atoms with Gasteiger partial charge in [-0.05, 0) is 90.1 Å². The maximum Gasteiger partial charge on any atom is 0.119 e. The lowest BCUT2D eigenvalue weighted by Gasteiger charge is -2.22. The van der Waals surface area contributed by atoms with Crippen LogP contribution < -0.4 is 5.32 Å². The first kappa shape index (κ1) is 17.8. The summed E-state index contributed by atoms with van der Waals surface area (Å²) in [5.41, 5.74) is 7.57. The fourth-order valence-corrected chi connectivity index (χ4v) is 3.75. The number of anilines is 1. The minimum atomic E-state index is -0.0589. The highest BCUT2D eigenvalue weighted by Gasteiger charge is 2.19. The Morgan fingerprint density at radius 2 is 1.68 bits per heavy atom. The quantitative estimate of drug-likeness (QED) is 0.686.